The Balaban J connectivity index is 1.97. The first kappa shape index (κ1) is 30.9. The Bertz CT molecular complexity index is 987. The highest BCUT2D eigenvalue weighted by atomic mass is 16.5. The number of ether oxygens (including phenoxy) is 2. The van der Waals surface area contributed by atoms with Gasteiger partial charge in [0.1, 0.15) is 12.2 Å². The summed E-state index contributed by atoms with van der Waals surface area (Å²) in [6.45, 7) is 11.2. The molecule has 2 aromatic rings. The van der Waals surface area contributed by atoms with Crippen LogP contribution in [0.5, 0.6) is 0 Å². The number of carbonyl (C=O) groups excluding carboxylic acids is 2. The lowest BCUT2D eigenvalue weighted by molar-refractivity contribution is -0.164. The third kappa shape index (κ3) is 8.66. The van der Waals surface area contributed by atoms with Crippen LogP contribution in [0.4, 0.5) is 0 Å². The van der Waals surface area contributed by atoms with Gasteiger partial charge in [-0.05, 0) is 62.5 Å². The molecule has 5 nitrogen and oxygen atoms in total. The van der Waals surface area contributed by atoms with Gasteiger partial charge in [-0.1, -0.05) is 94.8 Å². The lowest BCUT2D eigenvalue weighted by atomic mass is 9.73. The summed E-state index contributed by atoms with van der Waals surface area (Å²) in [4.78, 5) is 29.5. The molecule has 0 radical (unpaired) electrons. The number of hydrogen-bond acceptors (Lipinski definition) is 5. The van der Waals surface area contributed by atoms with Gasteiger partial charge in [0.05, 0.1) is 5.92 Å². The summed E-state index contributed by atoms with van der Waals surface area (Å²) in [7, 11) is 0. The maximum absolute atomic E-state index is 14.0. The largest absolute Gasteiger partial charge is 0.462 e. The zero-order chi connectivity index (χ0) is 28.2. The Morgan fingerprint density at radius 1 is 0.821 bits per heavy atom. The molecule has 0 N–H and O–H groups in total. The SMILES string of the molecule is CCC(CC)OC(=O)C[C@@H]1CCC[C@H](N(Cc2ccccc2)[C@@H](C)c2ccccc2)[C@H]1C(=O)OC(CC)CC. The predicted octanol–water partition coefficient (Wildman–Crippen LogP) is 7.89. The highest BCUT2D eigenvalue weighted by Gasteiger charge is 2.45. The summed E-state index contributed by atoms with van der Waals surface area (Å²) in [5, 5.41) is 0. The maximum atomic E-state index is 14.0. The normalized spacial score (nSPS) is 20.3. The zero-order valence-electron chi connectivity index (χ0n) is 24.7. The van der Waals surface area contributed by atoms with E-state index in [9.17, 15) is 9.59 Å². The van der Waals surface area contributed by atoms with Gasteiger partial charge < -0.3 is 9.47 Å². The van der Waals surface area contributed by atoms with E-state index in [1.54, 1.807) is 0 Å². The molecule has 0 aromatic heterocycles. The molecule has 4 atom stereocenters. The van der Waals surface area contributed by atoms with E-state index in [-0.39, 0.29) is 54.5 Å². The molecule has 0 heterocycles. The van der Waals surface area contributed by atoms with Crippen LogP contribution in [0.1, 0.15) is 103 Å². The standard InChI is InChI=1S/C34H49NO4/c1-6-29(7-2)38-32(36)23-28-21-16-22-31(33(28)34(37)39-30(8-3)9-4)35(24-26-17-12-10-13-18-26)25(5)27-19-14-11-15-20-27/h10-15,17-20,25,28-31,33H,6-9,16,21-24H2,1-5H3/t25-,28-,31-,33-/m0/s1. The Labute approximate surface area is 236 Å². The molecule has 1 aliphatic carbocycles. The average Bonchev–Trinajstić information content (AvgIpc) is 2.97. The van der Waals surface area contributed by atoms with Crippen molar-refractivity contribution < 1.29 is 19.1 Å². The first-order chi connectivity index (χ1) is 18.9. The van der Waals surface area contributed by atoms with E-state index < -0.39 is 0 Å². The molecule has 0 aliphatic heterocycles. The van der Waals surface area contributed by atoms with Gasteiger partial charge >= 0.3 is 11.9 Å². The summed E-state index contributed by atoms with van der Waals surface area (Å²) < 4.78 is 11.9. The lowest BCUT2D eigenvalue weighted by Crippen LogP contribution is -2.50. The van der Waals surface area contributed by atoms with E-state index in [1.807, 2.05) is 26.0 Å². The van der Waals surface area contributed by atoms with Crippen LogP contribution in [-0.4, -0.2) is 35.1 Å². The van der Waals surface area contributed by atoms with E-state index in [1.165, 1.54) is 11.1 Å². The molecule has 1 saturated carbocycles. The van der Waals surface area contributed by atoms with Gasteiger partial charge in [-0.15, -0.1) is 0 Å². The van der Waals surface area contributed by atoms with Crippen LogP contribution in [-0.2, 0) is 25.6 Å². The molecule has 2 aromatic carbocycles. The molecule has 0 unspecified atom stereocenters. The summed E-state index contributed by atoms with van der Waals surface area (Å²) >= 11 is 0. The highest BCUT2D eigenvalue weighted by molar-refractivity contribution is 5.76. The van der Waals surface area contributed by atoms with Crippen LogP contribution in [0.3, 0.4) is 0 Å². The van der Waals surface area contributed by atoms with Crippen molar-refractivity contribution in [3.05, 3.63) is 71.8 Å². The Morgan fingerprint density at radius 3 is 1.97 bits per heavy atom. The van der Waals surface area contributed by atoms with Crippen molar-refractivity contribution in [2.24, 2.45) is 11.8 Å². The van der Waals surface area contributed by atoms with Gasteiger partial charge in [0, 0.05) is 25.0 Å². The summed E-state index contributed by atoms with van der Waals surface area (Å²) in [5.41, 5.74) is 2.43. The first-order valence-electron chi connectivity index (χ1n) is 15.2. The van der Waals surface area contributed by atoms with E-state index >= 15 is 0 Å². The van der Waals surface area contributed by atoms with Crippen LogP contribution in [0.25, 0.3) is 0 Å². The van der Waals surface area contributed by atoms with Crippen molar-refractivity contribution in [3.63, 3.8) is 0 Å². The number of esters is 2. The minimum Gasteiger partial charge on any atom is -0.462 e. The Kier molecular flexibility index (Phi) is 12.5. The van der Waals surface area contributed by atoms with Gasteiger partial charge in [0.25, 0.3) is 0 Å². The fraction of sp³-hybridized carbons (Fsp3) is 0.588. The van der Waals surface area contributed by atoms with E-state index in [2.05, 4.69) is 74.2 Å². The second-order valence-corrected chi connectivity index (χ2v) is 11.0. The van der Waals surface area contributed by atoms with Crippen molar-refractivity contribution >= 4 is 11.9 Å². The fourth-order valence-corrected chi connectivity index (χ4v) is 6.07. The third-order valence-corrected chi connectivity index (χ3v) is 8.51. The lowest BCUT2D eigenvalue weighted by Gasteiger charge is -2.45. The third-order valence-electron chi connectivity index (χ3n) is 8.51. The van der Waals surface area contributed by atoms with E-state index in [0.717, 1.165) is 51.5 Å². The number of rotatable bonds is 14. The summed E-state index contributed by atoms with van der Waals surface area (Å²) in [6, 6.07) is 21.0. The van der Waals surface area contributed by atoms with Crippen LogP contribution in [0.2, 0.25) is 0 Å². The Morgan fingerprint density at radius 2 is 1.38 bits per heavy atom. The first-order valence-corrected chi connectivity index (χ1v) is 15.2. The molecular weight excluding hydrogens is 486 g/mol. The molecule has 3 rings (SSSR count). The smallest absolute Gasteiger partial charge is 0.311 e. The fourth-order valence-electron chi connectivity index (χ4n) is 6.07. The van der Waals surface area contributed by atoms with Crippen LogP contribution in [0.15, 0.2) is 60.7 Å². The van der Waals surface area contributed by atoms with Crippen molar-refractivity contribution in [1.82, 2.24) is 4.90 Å². The quantitative estimate of drug-likeness (QED) is 0.230. The van der Waals surface area contributed by atoms with Crippen molar-refractivity contribution in [1.29, 1.82) is 0 Å². The van der Waals surface area contributed by atoms with Gasteiger partial charge in [-0.2, -0.15) is 0 Å². The molecule has 1 fully saturated rings. The van der Waals surface area contributed by atoms with E-state index in [4.69, 9.17) is 9.47 Å². The van der Waals surface area contributed by atoms with Crippen LogP contribution in [0, 0.1) is 11.8 Å². The number of benzene rings is 2. The zero-order valence-corrected chi connectivity index (χ0v) is 24.7. The topological polar surface area (TPSA) is 55.8 Å². The van der Waals surface area contributed by atoms with Crippen molar-refractivity contribution in [3.8, 4) is 0 Å². The van der Waals surface area contributed by atoms with Gasteiger partial charge in [-0.3, -0.25) is 14.5 Å². The molecule has 5 heteroatoms. The summed E-state index contributed by atoms with van der Waals surface area (Å²) in [5.74, 6) is -0.843. The molecule has 214 valence electrons. The molecule has 0 saturated heterocycles. The maximum Gasteiger partial charge on any atom is 0.311 e. The van der Waals surface area contributed by atoms with Crippen molar-refractivity contribution in [2.75, 3.05) is 0 Å². The molecule has 0 amide bonds. The molecule has 0 spiro atoms. The Hall–Kier alpha value is -2.66. The molecule has 39 heavy (non-hydrogen) atoms. The molecule has 0 bridgehead atoms. The average molecular weight is 536 g/mol. The van der Waals surface area contributed by atoms with E-state index in [0.29, 0.717) is 0 Å². The molecular formula is C34H49NO4. The van der Waals surface area contributed by atoms with Crippen LogP contribution < -0.4 is 0 Å². The number of hydrogen-bond donors (Lipinski definition) is 0. The predicted molar refractivity (Wildman–Crippen MR) is 157 cm³/mol. The summed E-state index contributed by atoms with van der Waals surface area (Å²) in [6.07, 6.45) is 5.95. The van der Waals surface area contributed by atoms with Crippen molar-refractivity contribution in [2.45, 2.75) is 117 Å². The minimum atomic E-state index is -0.386. The van der Waals surface area contributed by atoms with Gasteiger partial charge in [-0.25, -0.2) is 0 Å². The highest BCUT2D eigenvalue weighted by Crippen LogP contribution is 2.41. The second kappa shape index (κ2) is 15.8. The minimum absolute atomic E-state index is 0.0398. The van der Waals surface area contributed by atoms with Crippen LogP contribution >= 0.6 is 0 Å². The number of carbonyl (C=O) groups is 2. The van der Waals surface area contributed by atoms with Gasteiger partial charge in [0.15, 0.2) is 0 Å². The van der Waals surface area contributed by atoms with Gasteiger partial charge in [0.2, 0.25) is 0 Å². The monoisotopic (exact) mass is 535 g/mol. The second-order valence-electron chi connectivity index (χ2n) is 11.0. The molecule has 1 aliphatic rings. The number of nitrogens with zero attached hydrogens (tertiary/aromatic N) is 1.